The first-order valence-electron chi connectivity index (χ1n) is 10.9. The molecule has 0 spiro atoms. The van der Waals surface area contributed by atoms with Gasteiger partial charge in [-0.1, -0.05) is 12.1 Å². The topological polar surface area (TPSA) is 115 Å². The molecule has 10 nitrogen and oxygen atoms in total. The number of carbonyl (C=O) groups excluding carboxylic acids is 1. The second-order valence-corrected chi connectivity index (χ2v) is 9.02. The van der Waals surface area contributed by atoms with E-state index in [9.17, 15) is 14.9 Å². The van der Waals surface area contributed by atoms with E-state index in [1.54, 1.807) is 30.9 Å². The molecule has 1 aliphatic rings. The highest BCUT2D eigenvalue weighted by molar-refractivity contribution is 7.99. The number of aromatic nitrogens is 3. The SMILES string of the molecule is COc1ccc([C@@H](CNC(=O)c2ccc(Sc3nncn3C)c([N+](=O)[O-])c2)N2CCCC2)cc1. The number of hydrogen-bond donors (Lipinski definition) is 1. The summed E-state index contributed by atoms with van der Waals surface area (Å²) in [6, 6.07) is 12.3. The number of amides is 1. The predicted octanol–water partition coefficient (Wildman–Crippen LogP) is 3.45. The molecule has 0 radical (unpaired) electrons. The highest BCUT2D eigenvalue weighted by Gasteiger charge is 2.25. The molecule has 1 saturated heterocycles. The molecule has 2 heterocycles. The Morgan fingerprint density at radius 3 is 2.59 bits per heavy atom. The van der Waals surface area contributed by atoms with Crippen molar-refractivity contribution in [1.29, 1.82) is 0 Å². The zero-order chi connectivity index (χ0) is 24.1. The van der Waals surface area contributed by atoms with Gasteiger partial charge >= 0.3 is 0 Å². The van der Waals surface area contributed by atoms with Crippen LogP contribution in [0.15, 0.2) is 58.8 Å². The summed E-state index contributed by atoms with van der Waals surface area (Å²) in [6.07, 6.45) is 3.77. The van der Waals surface area contributed by atoms with Crippen LogP contribution in [0.4, 0.5) is 5.69 Å². The van der Waals surface area contributed by atoms with Crippen LogP contribution >= 0.6 is 11.8 Å². The van der Waals surface area contributed by atoms with E-state index in [4.69, 9.17) is 4.74 Å². The fourth-order valence-corrected chi connectivity index (χ4v) is 4.83. The van der Waals surface area contributed by atoms with Crippen LogP contribution in [0, 0.1) is 10.1 Å². The Morgan fingerprint density at radius 2 is 1.97 bits per heavy atom. The van der Waals surface area contributed by atoms with Crippen LogP contribution in [-0.2, 0) is 7.05 Å². The van der Waals surface area contributed by atoms with Crippen molar-refractivity contribution in [2.24, 2.45) is 7.05 Å². The lowest BCUT2D eigenvalue weighted by atomic mass is 10.0. The van der Waals surface area contributed by atoms with Crippen LogP contribution in [0.3, 0.4) is 0 Å². The van der Waals surface area contributed by atoms with Crippen molar-refractivity contribution in [2.45, 2.75) is 28.9 Å². The molecule has 178 valence electrons. The molecule has 1 amide bonds. The van der Waals surface area contributed by atoms with Gasteiger partial charge in [-0.05, 0) is 67.5 Å². The number of methoxy groups -OCH3 is 1. The van der Waals surface area contributed by atoms with Gasteiger partial charge in [-0.2, -0.15) is 0 Å². The van der Waals surface area contributed by atoms with Crippen LogP contribution in [0.2, 0.25) is 0 Å². The average Bonchev–Trinajstić information content (AvgIpc) is 3.52. The summed E-state index contributed by atoms with van der Waals surface area (Å²) in [7, 11) is 3.39. The number of nitrogens with one attached hydrogen (secondary N) is 1. The molecule has 11 heteroatoms. The average molecular weight is 483 g/mol. The highest BCUT2D eigenvalue weighted by atomic mass is 32.2. The Morgan fingerprint density at radius 1 is 1.24 bits per heavy atom. The van der Waals surface area contributed by atoms with E-state index >= 15 is 0 Å². The van der Waals surface area contributed by atoms with E-state index in [1.807, 2.05) is 24.3 Å². The van der Waals surface area contributed by atoms with Crippen LogP contribution < -0.4 is 10.1 Å². The minimum Gasteiger partial charge on any atom is -0.497 e. The van der Waals surface area contributed by atoms with Crippen LogP contribution in [0.5, 0.6) is 5.75 Å². The summed E-state index contributed by atoms with van der Waals surface area (Å²) in [5.41, 5.74) is 1.18. The molecule has 3 aromatic rings. The Bertz CT molecular complexity index is 1160. The van der Waals surface area contributed by atoms with Gasteiger partial charge < -0.3 is 14.6 Å². The molecule has 4 rings (SSSR count). The molecule has 1 fully saturated rings. The Kier molecular flexibility index (Phi) is 7.43. The number of likely N-dealkylation sites (tertiary alicyclic amines) is 1. The van der Waals surface area contributed by atoms with E-state index in [0.29, 0.717) is 16.6 Å². The standard InChI is InChI=1S/C23H26N6O4S/c1-27-15-25-26-23(27)34-21-10-7-17(13-19(21)29(31)32)22(30)24-14-20(28-11-3-4-12-28)16-5-8-18(33-2)9-6-16/h5-10,13,15,20H,3-4,11-12,14H2,1-2H3,(H,24,30)/t20-/m1/s1. The van der Waals surface area contributed by atoms with Crippen molar-refractivity contribution in [3.8, 4) is 5.75 Å². The van der Waals surface area contributed by atoms with Crippen LogP contribution in [-0.4, -0.2) is 57.2 Å². The first-order valence-corrected chi connectivity index (χ1v) is 11.7. The fourth-order valence-electron chi connectivity index (χ4n) is 3.98. The summed E-state index contributed by atoms with van der Waals surface area (Å²) in [5, 5.41) is 22.9. The maximum absolute atomic E-state index is 12.9. The minimum absolute atomic E-state index is 0.0121. The first kappa shape index (κ1) is 23.7. The number of nitro groups is 1. The smallest absolute Gasteiger partial charge is 0.284 e. The summed E-state index contributed by atoms with van der Waals surface area (Å²) in [5.74, 6) is 0.426. The minimum atomic E-state index is -0.486. The fraction of sp³-hybridized carbons (Fsp3) is 0.348. The Hall–Kier alpha value is -3.44. The van der Waals surface area contributed by atoms with Gasteiger partial charge in [0.15, 0.2) is 5.16 Å². The first-order chi connectivity index (χ1) is 16.5. The van der Waals surface area contributed by atoms with E-state index in [0.717, 1.165) is 49.0 Å². The third-order valence-electron chi connectivity index (χ3n) is 5.83. The maximum Gasteiger partial charge on any atom is 0.284 e. The van der Waals surface area contributed by atoms with Crippen molar-refractivity contribution < 1.29 is 14.5 Å². The quantitative estimate of drug-likeness (QED) is 0.364. The monoisotopic (exact) mass is 482 g/mol. The van der Waals surface area contributed by atoms with E-state index in [2.05, 4.69) is 20.4 Å². The molecule has 0 unspecified atom stereocenters. The second kappa shape index (κ2) is 10.7. The number of benzene rings is 2. The third-order valence-corrected chi connectivity index (χ3v) is 6.94. The summed E-state index contributed by atoms with van der Waals surface area (Å²) >= 11 is 1.13. The molecule has 2 aromatic carbocycles. The van der Waals surface area contributed by atoms with Gasteiger partial charge in [0.05, 0.1) is 23.0 Å². The van der Waals surface area contributed by atoms with Crippen molar-refractivity contribution >= 4 is 23.4 Å². The van der Waals surface area contributed by atoms with Gasteiger partial charge in [0.25, 0.3) is 11.6 Å². The van der Waals surface area contributed by atoms with E-state index in [-0.39, 0.29) is 23.2 Å². The van der Waals surface area contributed by atoms with Gasteiger partial charge in [-0.25, -0.2) is 0 Å². The number of rotatable bonds is 9. The molecule has 34 heavy (non-hydrogen) atoms. The molecule has 0 aliphatic carbocycles. The number of aryl methyl sites for hydroxylation is 1. The molecule has 1 atom stereocenters. The van der Waals surface area contributed by atoms with Gasteiger partial charge in [-0.3, -0.25) is 19.8 Å². The van der Waals surface area contributed by atoms with E-state index < -0.39 is 4.92 Å². The van der Waals surface area contributed by atoms with Crippen molar-refractivity contribution in [3.05, 3.63) is 70.0 Å². The normalized spacial score (nSPS) is 14.6. The van der Waals surface area contributed by atoms with Gasteiger partial charge in [0, 0.05) is 25.2 Å². The largest absolute Gasteiger partial charge is 0.497 e. The number of nitro benzene ring substituents is 1. The van der Waals surface area contributed by atoms with Crippen LogP contribution in [0.25, 0.3) is 0 Å². The summed E-state index contributed by atoms with van der Waals surface area (Å²) < 4.78 is 6.93. The van der Waals surface area contributed by atoms with Crippen molar-refractivity contribution in [2.75, 3.05) is 26.7 Å². The molecule has 0 saturated carbocycles. The van der Waals surface area contributed by atoms with Gasteiger partial charge in [-0.15, -0.1) is 10.2 Å². The molecular weight excluding hydrogens is 456 g/mol. The number of hydrogen-bond acceptors (Lipinski definition) is 8. The maximum atomic E-state index is 12.9. The number of ether oxygens (including phenoxy) is 1. The molecule has 1 aliphatic heterocycles. The Balaban J connectivity index is 1.50. The van der Waals surface area contributed by atoms with E-state index in [1.165, 1.54) is 12.4 Å². The molecular formula is C23H26N6O4S. The molecule has 1 N–H and O–H groups in total. The second-order valence-electron chi connectivity index (χ2n) is 8.01. The summed E-state index contributed by atoms with van der Waals surface area (Å²) in [4.78, 5) is 26.9. The highest BCUT2D eigenvalue weighted by Crippen LogP contribution is 2.34. The molecule has 1 aromatic heterocycles. The lowest BCUT2D eigenvalue weighted by Gasteiger charge is -2.28. The zero-order valence-electron chi connectivity index (χ0n) is 19.0. The van der Waals surface area contributed by atoms with Crippen molar-refractivity contribution in [1.82, 2.24) is 25.0 Å². The van der Waals surface area contributed by atoms with Gasteiger partial charge in [0.1, 0.15) is 12.1 Å². The Labute approximate surface area is 201 Å². The lowest BCUT2D eigenvalue weighted by molar-refractivity contribution is -0.387. The third kappa shape index (κ3) is 5.37. The number of carbonyl (C=O) groups is 1. The van der Waals surface area contributed by atoms with Crippen molar-refractivity contribution in [3.63, 3.8) is 0 Å². The predicted molar refractivity (Wildman–Crippen MR) is 127 cm³/mol. The molecule has 0 bridgehead atoms. The van der Waals surface area contributed by atoms with Crippen LogP contribution in [0.1, 0.15) is 34.8 Å². The summed E-state index contributed by atoms with van der Waals surface area (Å²) in [6.45, 7) is 2.33. The van der Waals surface area contributed by atoms with Gasteiger partial charge in [0.2, 0.25) is 0 Å². The zero-order valence-corrected chi connectivity index (χ0v) is 19.8. The lowest BCUT2D eigenvalue weighted by Crippen LogP contribution is -2.36. The number of nitrogens with zero attached hydrogens (tertiary/aromatic N) is 5.